The van der Waals surface area contributed by atoms with E-state index in [1.165, 1.54) is 0 Å². The summed E-state index contributed by atoms with van der Waals surface area (Å²) in [6.07, 6.45) is 0. The second-order valence-corrected chi connectivity index (χ2v) is 3.42. The Morgan fingerprint density at radius 2 is 2.00 bits per heavy atom. The van der Waals surface area contributed by atoms with Gasteiger partial charge in [0, 0.05) is 5.56 Å². The minimum atomic E-state index is 0.684. The van der Waals surface area contributed by atoms with Crippen molar-refractivity contribution in [3.05, 3.63) is 35.7 Å². The van der Waals surface area contributed by atoms with Gasteiger partial charge in [0.2, 0.25) is 5.88 Å². The molecule has 2 nitrogen and oxygen atoms in total. The van der Waals surface area contributed by atoms with Gasteiger partial charge in [-0.25, -0.2) is 4.98 Å². The highest BCUT2D eigenvalue weighted by molar-refractivity contribution is 7.13. The summed E-state index contributed by atoms with van der Waals surface area (Å²) in [5.41, 5.74) is 1.14. The summed E-state index contributed by atoms with van der Waals surface area (Å²) in [5, 5.41) is 2.90. The molecule has 0 spiro atoms. The first-order chi connectivity index (χ1) is 6.40. The molecule has 0 aliphatic heterocycles. The van der Waals surface area contributed by atoms with Crippen molar-refractivity contribution in [2.24, 2.45) is 0 Å². The highest BCUT2D eigenvalue weighted by atomic mass is 32.1. The predicted molar refractivity (Wildman–Crippen MR) is 54.1 cm³/mol. The zero-order valence-corrected chi connectivity index (χ0v) is 8.04. The molecule has 13 heavy (non-hydrogen) atoms. The summed E-state index contributed by atoms with van der Waals surface area (Å²) in [7, 11) is 1.63. The summed E-state index contributed by atoms with van der Waals surface area (Å²) in [5.74, 6) is 0.684. The molecule has 0 atom stereocenters. The lowest BCUT2D eigenvalue weighted by Crippen LogP contribution is -1.81. The lowest BCUT2D eigenvalue weighted by Gasteiger charge is -1.93. The predicted octanol–water partition coefficient (Wildman–Crippen LogP) is 2.82. The maximum absolute atomic E-state index is 5.02. The van der Waals surface area contributed by atoms with Gasteiger partial charge in [-0.05, 0) is 0 Å². The van der Waals surface area contributed by atoms with E-state index in [0.29, 0.717) is 5.88 Å². The smallest absolute Gasteiger partial charge is 0.224 e. The van der Waals surface area contributed by atoms with Gasteiger partial charge in [0.15, 0.2) is 0 Å². The summed E-state index contributed by atoms with van der Waals surface area (Å²) in [6.45, 7) is 0. The van der Waals surface area contributed by atoms with Crippen LogP contribution in [0.3, 0.4) is 0 Å². The molecule has 0 N–H and O–H groups in total. The quantitative estimate of drug-likeness (QED) is 0.728. The minimum absolute atomic E-state index is 0.684. The molecule has 0 radical (unpaired) electrons. The maximum atomic E-state index is 5.02. The van der Waals surface area contributed by atoms with Crippen LogP contribution in [0.1, 0.15) is 0 Å². The van der Waals surface area contributed by atoms with E-state index in [1.807, 2.05) is 35.7 Å². The third kappa shape index (κ3) is 1.70. The molecule has 3 heteroatoms. The van der Waals surface area contributed by atoms with Gasteiger partial charge in [-0.2, -0.15) is 0 Å². The second kappa shape index (κ2) is 3.58. The van der Waals surface area contributed by atoms with Gasteiger partial charge in [-0.1, -0.05) is 30.3 Å². The largest absolute Gasteiger partial charge is 0.480 e. The first-order valence-electron chi connectivity index (χ1n) is 3.95. The van der Waals surface area contributed by atoms with Crippen LogP contribution in [0.2, 0.25) is 0 Å². The molecule has 2 aromatic rings. The summed E-state index contributed by atoms with van der Waals surface area (Å²) in [6, 6.07) is 10.1. The standard InChI is InChI=1S/C10H9NOS/c1-12-9-7-13-10(11-9)8-5-3-2-4-6-8/h2-7H,1H3. The van der Waals surface area contributed by atoms with Crippen LogP contribution >= 0.6 is 11.3 Å². The summed E-state index contributed by atoms with van der Waals surface area (Å²) in [4.78, 5) is 4.30. The van der Waals surface area contributed by atoms with Crippen LogP contribution in [0.25, 0.3) is 10.6 Å². The summed E-state index contributed by atoms with van der Waals surface area (Å²) >= 11 is 1.59. The van der Waals surface area contributed by atoms with Crippen LogP contribution in [0.4, 0.5) is 0 Å². The zero-order valence-electron chi connectivity index (χ0n) is 7.23. The van der Waals surface area contributed by atoms with Crippen LogP contribution < -0.4 is 4.74 Å². The van der Waals surface area contributed by atoms with E-state index in [1.54, 1.807) is 18.4 Å². The van der Waals surface area contributed by atoms with Crippen LogP contribution in [0.5, 0.6) is 5.88 Å². The Bertz CT molecular complexity index is 383. The Hall–Kier alpha value is -1.35. The third-order valence-corrected chi connectivity index (χ3v) is 2.58. The van der Waals surface area contributed by atoms with Gasteiger partial charge in [0.25, 0.3) is 0 Å². The molecule has 66 valence electrons. The van der Waals surface area contributed by atoms with E-state index < -0.39 is 0 Å². The number of aromatic nitrogens is 1. The van der Waals surface area contributed by atoms with Crippen molar-refractivity contribution in [3.8, 4) is 16.5 Å². The molecular weight excluding hydrogens is 182 g/mol. The van der Waals surface area contributed by atoms with E-state index in [-0.39, 0.29) is 0 Å². The van der Waals surface area contributed by atoms with Gasteiger partial charge >= 0.3 is 0 Å². The van der Waals surface area contributed by atoms with Crippen molar-refractivity contribution < 1.29 is 4.74 Å². The van der Waals surface area contributed by atoms with Crippen LogP contribution in [-0.2, 0) is 0 Å². The zero-order chi connectivity index (χ0) is 9.10. The molecule has 0 fully saturated rings. The fourth-order valence-corrected chi connectivity index (χ4v) is 1.84. The first kappa shape index (κ1) is 8.26. The fourth-order valence-electron chi connectivity index (χ4n) is 1.07. The van der Waals surface area contributed by atoms with Crippen molar-refractivity contribution >= 4 is 11.3 Å². The van der Waals surface area contributed by atoms with Crippen molar-refractivity contribution in [2.45, 2.75) is 0 Å². The van der Waals surface area contributed by atoms with Crippen molar-refractivity contribution in [1.82, 2.24) is 4.98 Å². The van der Waals surface area contributed by atoms with E-state index in [0.717, 1.165) is 10.6 Å². The number of methoxy groups -OCH3 is 1. The number of hydrogen-bond acceptors (Lipinski definition) is 3. The fraction of sp³-hybridized carbons (Fsp3) is 0.100. The molecule has 0 aliphatic rings. The number of rotatable bonds is 2. The van der Waals surface area contributed by atoms with Gasteiger partial charge in [0.05, 0.1) is 12.5 Å². The normalized spacial score (nSPS) is 9.92. The molecular formula is C10H9NOS. The molecule has 1 heterocycles. The molecule has 2 rings (SSSR count). The molecule has 0 saturated heterocycles. The number of hydrogen-bond donors (Lipinski definition) is 0. The molecule has 1 aromatic carbocycles. The minimum Gasteiger partial charge on any atom is -0.480 e. The average molecular weight is 191 g/mol. The maximum Gasteiger partial charge on any atom is 0.224 e. The van der Waals surface area contributed by atoms with E-state index in [2.05, 4.69) is 4.98 Å². The summed E-state index contributed by atoms with van der Waals surface area (Å²) < 4.78 is 5.02. The Labute approximate surface area is 80.8 Å². The van der Waals surface area contributed by atoms with Gasteiger partial charge in [-0.3, -0.25) is 0 Å². The molecule has 0 bridgehead atoms. The molecule has 1 aromatic heterocycles. The number of benzene rings is 1. The highest BCUT2D eigenvalue weighted by Crippen LogP contribution is 2.26. The lowest BCUT2D eigenvalue weighted by molar-refractivity contribution is 0.401. The highest BCUT2D eigenvalue weighted by Gasteiger charge is 2.02. The average Bonchev–Trinajstić information content (AvgIpc) is 2.67. The lowest BCUT2D eigenvalue weighted by atomic mass is 10.2. The SMILES string of the molecule is COc1csc(-c2ccccc2)n1. The Morgan fingerprint density at radius 1 is 1.23 bits per heavy atom. The molecule has 0 aliphatic carbocycles. The first-order valence-corrected chi connectivity index (χ1v) is 4.83. The van der Waals surface area contributed by atoms with E-state index in [9.17, 15) is 0 Å². The second-order valence-electron chi connectivity index (χ2n) is 2.56. The van der Waals surface area contributed by atoms with Crippen molar-refractivity contribution in [1.29, 1.82) is 0 Å². The Morgan fingerprint density at radius 3 is 2.62 bits per heavy atom. The van der Waals surface area contributed by atoms with E-state index in [4.69, 9.17) is 4.74 Å². The van der Waals surface area contributed by atoms with Gasteiger partial charge < -0.3 is 4.74 Å². The molecule has 0 amide bonds. The van der Waals surface area contributed by atoms with Gasteiger partial charge in [0.1, 0.15) is 5.01 Å². The Balaban J connectivity index is 2.36. The monoisotopic (exact) mass is 191 g/mol. The van der Waals surface area contributed by atoms with E-state index >= 15 is 0 Å². The topological polar surface area (TPSA) is 22.1 Å². The van der Waals surface area contributed by atoms with Crippen molar-refractivity contribution in [2.75, 3.05) is 7.11 Å². The molecule has 0 saturated carbocycles. The van der Waals surface area contributed by atoms with Gasteiger partial charge in [-0.15, -0.1) is 11.3 Å². The number of nitrogens with zero attached hydrogens (tertiary/aromatic N) is 1. The molecule has 0 unspecified atom stereocenters. The number of ether oxygens (including phenoxy) is 1. The van der Waals surface area contributed by atoms with Crippen LogP contribution in [0.15, 0.2) is 35.7 Å². The third-order valence-electron chi connectivity index (χ3n) is 1.71. The van der Waals surface area contributed by atoms with Crippen LogP contribution in [0, 0.1) is 0 Å². The van der Waals surface area contributed by atoms with Crippen LogP contribution in [-0.4, -0.2) is 12.1 Å². The Kier molecular flexibility index (Phi) is 2.27. The van der Waals surface area contributed by atoms with Crippen molar-refractivity contribution in [3.63, 3.8) is 0 Å². The number of thiazole rings is 1.